The van der Waals surface area contributed by atoms with Crippen molar-refractivity contribution in [1.82, 2.24) is 0 Å². The highest BCUT2D eigenvalue weighted by Crippen LogP contribution is 2.42. The molecule has 0 bridgehead atoms. The summed E-state index contributed by atoms with van der Waals surface area (Å²) >= 11 is 10.2. The summed E-state index contributed by atoms with van der Waals surface area (Å²) in [5.41, 5.74) is 1.31. The van der Waals surface area contributed by atoms with E-state index in [1.54, 1.807) is 0 Å². The molecule has 19 heavy (non-hydrogen) atoms. The van der Waals surface area contributed by atoms with Crippen LogP contribution in [0, 0.1) is 5.92 Å². The number of fused-ring (bicyclic) bond motifs is 1. The third-order valence-electron chi connectivity index (χ3n) is 4.01. The summed E-state index contributed by atoms with van der Waals surface area (Å²) < 4.78 is 5.69. The van der Waals surface area contributed by atoms with Gasteiger partial charge in [-0.05, 0) is 30.4 Å². The molecule has 1 aliphatic rings. The van der Waals surface area contributed by atoms with Gasteiger partial charge in [-0.3, -0.25) is 0 Å². The fourth-order valence-electron chi connectivity index (χ4n) is 2.89. The molecule has 2 aromatic carbocycles. The maximum absolute atomic E-state index is 6.28. The molecule has 1 fully saturated rings. The molecule has 0 N–H and O–H groups in total. The quantitative estimate of drug-likeness (QED) is 0.670. The van der Waals surface area contributed by atoms with E-state index in [-0.39, 0.29) is 0 Å². The normalized spacial score (nSPS) is 24.8. The van der Waals surface area contributed by atoms with Gasteiger partial charge in [-0.15, -0.1) is 0 Å². The van der Waals surface area contributed by atoms with Gasteiger partial charge in [0.05, 0.1) is 6.10 Å². The van der Waals surface area contributed by atoms with E-state index in [0.29, 0.717) is 16.8 Å². The Kier molecular flexibility index (Phi) is 3.84. The summed E-state index contributed by atoms with van der Waals surface area (Å²) in [5.74, 6) is 0.518. The number of alkyl halides is 1. The van der Waals surface area contributed by atoms with E-state index in [2.05, 4.69) is 47.1 Å². The van der Waals surface area contributed by atoms with Crippen molar-refractivity contribution in [2.75, 3.05) is 6.61 Å². The topological polar surface area (TPSA) is 9.23 Å². The number of hydrogen-bond donors (Lipinski definition) is 0. The number of ether oxygens (including phenoxy) is 1. The Balaban J connectivity index is 2.07. The molecule has 2 aromatic rings. The fourth-order valence-corrected chi connectivity index (χ4v) is 4.21. The lowest BCUT2D eigenvalue weighted by molar-refractivity contribution is 0.105. The van der Waals surface area contributed by atoms with Gasteiger partial charge in [-0.1, -0.05) is 57.9 Å². The molecule has 3 unspecified atom stereocenters. The van der Waals surface area contributed by atoms with Crippen molar-refractivity contribution in [3.05, 3.63) is 47.0 Å². The number of halogens is 2. The van der Waals surface area contributed by atoms with Crippen LogP contribution in [0.2, 0.25) is 5.02 Å². The van der Waals surface area contributed by atoms with Gasteiger partial charge in [0.2, 0.25) is 0 Å². The Morgan fingerprint density at radius 3 is 2.63 bits per heavy atom. The van der Waals surface area contributed by atoms with Crippen molar-refractivity contribution in [2.45, 2.75) is 24.3 Å². The van der Waals surface area contributed by atoms with Crippen molar-refractivity contribution in [2.24, 2.45) is 5.92 Å². The zero-order valence-corrected chi connectivity index (χ0v) is 13.1. The van der Waals surface area contributed by atoms with Crippen LogP contribution >= 0.6 is 27.5 Å². The maximum atomic E-state index is 6.28. The summed E-state index contributed by atoms with van der Waals surface area (Å²) in [6, 6.07) is 12.4. The molecule has 1 heterocycles. The number of rotatable bonds is 2. The minimum Gasteiger partial charge on any atom is -0.378 e. The molecule has 3 atom stereocenters. The van der Waals surface area contributed by atoms with Crippen LogP contribution in [0.3, 0.4) is 0 Å². The predicted molar refractivity (Wildman–Crippen MR) is 84.1 cm³/mol. The van der Waals surface area contributed by atoms with Crippen molar-refractivity contribution in [3.63, 3.8) is 0 Å². The molecule has 0 aromatic heterocycles. The minimum absolute atomic E-state index is 0.304. The summed E-state index contributed by atoms with van der Waals surface area (Å²) in [4.78, 5) is 0.312. The van der Waals surface area contributed by atoms with Gasteiger partial charge in [-0.2, -0.15) is 0 Å². The molecule has 1 nitrogen and oxygen atoms in total. The van der Waals surface area contributed by atoms with Crippen LogP contribution in [-0.4, -0.2) is 12.7 Å². The molecule has 3 rings (SSSR count). The van der Waals surface area contributed by atoms with Gasteiger partial charge in [0.25, 0.3) is 0 Å². The average molecular weight is 340 g/mol. The molecule has 0 amide bonds. The SMILES string of the molecule is CC1OCCC1C(Br)c1ccc(Cl)c2ccccc12. The van der Waals surface area contributed by atoms with Gasteiger partial charge < -0.3 is 4.74 Å². The molecule has 1 saturated heterocycles. The molecule has 0 spiro atoms. The summed E-state index contributed by atoms with van der Waals surface area (Å²) in [6.45, 7) is 3.02. The zero-order valence-electron chi connectivity index (χ0n) is 10.8. The molecular formula is C16H16BrClO. The first-order chi connectivity index (χ1) is 9.18. The Hall–Kier alpha value is -0.570. The van der Waals surface area contributed by atoms with Crippen LogP contribution in [-0.2, 0) is 4.74 Å². The van der Waals surface area contributed by atoms with Crippen LogP contribution in [0.25, 0.3) is 10.8 Å². The average Bonchev–Trinajstić information content (AvgIpc) is 2.85. The van der Waals surface area contributed by atoms with E-state index < -0.39 is 0 Å². The van der Waals surface area contributed by atoms with Crippen molar-refractivity contribution in [3.8, 4) is 0 Å². The van der Waals surface area contributed by atoms with Crippen LogP contribution in [0.5, 0.6) is 0 Å². The summed E-state index contributed by atoms with van der Waals surface area (Å²) in [5, 5.41) is 3.17. The van der Waals surface area contributed by atoms with Crippen LogP contribution in [0.1, 0.15) is 23.7 Å². The largest absolute Gasteiger partial charge is 0.378 e. The van der Waals surface area contributed by atoms with E-state index in [1.165, 1.54) is 10.9 Å². The molecular weight excluding hydrogens is 324 g/mol. The highest BCUT2D eigenvalue weighted by molar-refractivity contribution is 9.09. The predicted octanol–water partition coefficient (Wildman–Crippen LogP) is 5.35. The lowest BCUT2D eigenvalue weighted by Gasteiger charge is -2.22. The second-order valence-corrected chi connectivity index (χ2v) is 6.51. The first-order valence-electron chi connectivity index (χ1n) is 6.61. The summed E-state index contributed by atoms with van der Waals surface area (Å²) in [6.07, 6.45) is 1.41. The van der Waals surface area contributed by atoms with Crippen molar-refractivity contribution < 1.29 is 4.74 Å². The van der Waals surface area contributed by atoms with Crippen LogP contribution in [0.4, 0.5) is 0 Å². The van der Waals surface area contributed by atoms with Gasteiger partial charge >= 0.3 is 0 Å². The van der Waals surface area contributed by atoms with E-state index in [9.17, 15) is 0 Å². The molecule has 3 heteroatoms. The molecule has 1 aliphatic heterocycles. The standard InChI is InChI=1S/C16H16BrClO/c1-10-11(8-9-19-10)16(17)14-6-7-15(18)13-5-3-2-4-12(13)14/h2-7,10-11,16H,8-9H2,1H3. The third-order valence-corrected chi connectivity index (χ3v) is 5.51. The molecule has 0 radical (unpaired) electrons. The Labute approximate surface area is 127 Å². The van der Waals surface area contributed by atoms with Crippen molar-refractivity contribution in [1.29, 1.82) is 0 Å². The second-order valence-electron chi connectivity index (χ2n) is 5.11. The first-order valence-corrected chi connectivity index (χ1v) is 7.90. The monoisotopic (exact) mass is 338 g/mol. The molecule has 100 valence electrons. The van der Waals surface area contributed by atoms with E-state index in [1.807, 2.05) is 12.1 Å². The van der Waals surface area contributed by atoms with Gasteiger partial charge in [-0.25, -0.2) is 0 Å². The van der Waals surface area contributed by atoms with E-state index in [4.69, 9.17) is 16.3 Å². The highest BCUT2D eigenvalue weighted by Gasteiger charge is 2.32. The Morgan fingerprint density at radius 2 is 1.95 bits per heavy atom. The van der Waals surface area contributed by atoms with Gasteiger partial charge in [0.15, 0.2) is 0 Å². The minimum atomic E-state index is 0.304. The zero-order chi connectivity index (χ0) is 13.4. The van der Waals surface area contributed by atoms with E-state index in [0.717, 1.165) is 23.4 Å². The highest BCUT2D eigenvalue weighted by atomic mass is 79.9. The second kappa shape index (κ2) is 5.43. The first kappa shape index (κ1) is 13.4. The Morgan fingerprint density at radius 1 is 1.21 bits per heavy atom. The number of hydrogen-bond acceptors (Lipinski definition) is 1. The van der Waals surface area contributed by atoms with Crippen LogP contribution in [0.15, 0.2) is 36.4 Å². The fraction of sp³-hybridized carbons (Fsp3) is 0.375. The Bertz CT molecular complexity index is 598. The number of benzene rings is 2. The van der Waals surface area contributed by atoms with Crippen molar-refractivity contribution >= 4 is 38.3 Å². The smallest absolute Gasteiger partial charge is 0.0589 e. The van der Waals surface area contributed by atoms with Crippen LogP contribution < -0.4 is 0 Å². The summed E-state index contributed by atoms with van der Waals surface area (Å²) in [7, 11) is 0. The molecule has 0 saturated carbocycles. The lowest BCUT2D eigenvalue weighted by Crippen LogP contribution is -2.16. The third kappa shape index (κ3) is 2.42. The van der Waals surface area contributed by atoms with Gasteiger partial charge in [0.1, 0.15) is 0 Å². The lowest BCUT2D eigenvalue weighted by atomic mass is 9.91. The molecule has 0 aliphatic carbocycles. The van der Waals surface area contributed by atoms with E-state index >= 15 is 0 Å². The van der Waals surface area contributed by atoms with Gasteiger partial charge in [0, 0.05) is 27.8 Å². The maximum Gasteiger partial charge on any atom is 0.0589 e.